The molecule has 0 atom stereocenters. The first-order chi connectivity index (χ1) is 12.1. The standard InChI is InChI=1S/C15H12N4O5S/c20-12(17-13-10-6-25-7-11(10)18-24-13)9-4-16-15(22)19(14(9)21)5-8-2-1-3-23-8/h1-4H,5-7H2,(H,16,22)(H,17,20). The van der Waals surface area contributed by atoms with Gasteiger partial charge in [-0.1, -0.05) is 5.16 Å². The predicted octanol–water partition coefficient (Wildman–Crippen LogP) is 1.16. The van der Waals surface area contributed by atoms with Gasteiger partial charge in [0.2, 0.25) is 5.88 Å². The zero-order valence-electron chi connectivity index (χ0n) is 12.8. The molecule has 0 aliphatic carbocycles. The van der Waals surface area contributed by atoms with Gasteiger partial charge in [0.25, 0.3) is 11.5 Å². The van der Waals surface area contributed by atoms with Crippen molar-refractivity contribution in [2.75, 3.05) is 5.32 Å². The minimum absolute atomic E-state index is 0.0728. The normalized spacial score (nSPS) is 13.0. The number of aromatic amines is 1. The molecule has 0 saturated heterocycles. The zero-order chi connectivity index (χ0) is 17.4. The van der Waals surface area contributed by atoms with Gasteiger partial charge in [0.1, 0.15) is 11.3 Å². The molecule has 0 bridgehead atoms. The molecule has 10 heteroatoms. The van der Waals surface area contributed by atoms with Gasteiger partial charge >= 0.3 is 5.69 Å². The van der Waals surface area contributed by atoms with E-state index in [0.29, 0.717) is 11.5 Å². The van der Waals surface area contributed by atoms with Gasteiger partial charge in [-0.25, -0.2) is 4.79 Å². The molecule has 4 heterocycles. The number of H-pyrrole nitrogens is 1. The maximum absolute atomic E-state index is 12.5. The van der Waals surface area contributed by atoms with E-state index in [1.54, 1.807) is 23.9 Å². The maximum Gasteiger partial charge on any atom is 0.328 e. The molecular weight excluding hydrogens is 348 g/mol. The molecule has 0 aromatic carbocycles. The fourth-order valence-corrected chi connectivity index (χ4v) is 3.52. The van der Waals surface area contributed by atoms with Crippen LogP contribution in [0.3, 0.4) is 0 Å². The smallest absolute Gasteiger partial charge is 0.328 e. The third-order valence-electron chi connectivity index (χ3n) is 3.78. The van der Waals surface area contributed by atoms with Crippen molar-refractivity contribution in [3.63, 3.8) is 0 Å². The summed E-state index contributed by atoms with van der Waals surface area (Å²) in [7, 11) is 0. The van der Waals surface area contributed by atoms with E-state index in [2.05, 4.69) is 15.5 Å². The van der Waals surface area contributed by atoms with Crippen molar-refractivity contribution in [1.29, 1.82) is 0 Å². The summed E-state index contributed by atoms with van der Waals surface area (Å²) in [5.41, 5.74) is 0.0516. The Labute approximate surface area is 144 Å². The number of aromatic nitrogens is 3. The Kier molecular flexibility index (Phi) is 3.80. The van der Waals surface area contributed by atoms with Crippen LogP contribution in [-0.4, -0.2) is 20.6 Å². The number of hydrogen-bond acceptors (Lipinski definition) is 7. The molecule has 3 aromatic rings. The third kappa shape index (κ3) is 2.80. The van der Waals surface area contributed by atoms with E-state index in [4.69, 9.17) is 8.94 Å². The molecule has 1 aliphatic rings. The van der Waals surface area contributed by atoms with Crippen LogP contribution in [0, 0.1) is 0 Å². The van der Waals surface area contributed by atoms with E-state index < -0.39 is 17.2 Å². The van der Waals surface area contributed by atoms with Gasteiger partial charge in [-0.05, 0) is 12.1 Å². The van der Waals surface area contributed by atoms with E-state index in [9.17, 15) is 14.4 Å². The number of nitrogens with zero attached hydrogens (tertiary/aromatic N) is 2. The Morgan fingerprint density at radius 3 is 3.08 bits per heavy atom. The number of anilines is 1. The van der Waals surface area contributed by atoms with Crippen LogP contribution in [0.4, 0.5) is 5.88 Å². The number of thioether (sulfide) groups is 1. The Morgan fingerprint density at radius 1 is 1.40 bits per heavy atom. The SMILES string of the molecule is O=C(Nc1onc2c1CSC2)c1c[nH]c(=O)n(Cc2ccco2)c1=O. The number of furan rings is 1. The quantitative estimate of drug-likeness (QED) is 0.716. The lowest BCUT2D eigenvalue weighted by Crippen LogP contribution is -2.39. The molecule has 25 heavy (non-hydrogen) atoms. The predicted molar refractivity (Wildman–Crippen MR) is 88.6 cm³/mol. The largest absolute Gasteiger partial charge is 0.467 e. The van der Waals surface area contributed by atoms with Crippen LogP contribution in [0.15, 0.2) is 43.1 Å². The fraction of sp³-hybridized carbons (Fsp3) is 0.200. The van der Waals surface area contributed by atoms with Crippen molar-refractivity contribution in [1.82, 2.24) is 14.7 Å². The van der Waals surface area contributed by atoms with Crippen molar-refractivity contribution in [2.24, 2.45) is 0 Å². The summed E-state index contributed by atoms with van der Waals surface area (Å²) in [5, 5.41) is 6.43. The number of fused-ring (bicyclic) bond motifs is 1. The van der Waals surface area contributed by atoms with Gasteiger partial charge in [-0.3, -0.25) is 19.5 Å². The Bertz CT molecular complexity index is 1050. The Balaban J connectivity index is 1.64. The van der Waals surface area contributed by atoms with Gasteiger partial charge in [0, 0.05) is 17.7 Å². The van der Waals surface area contributed by atoms with Gasteiger partial charge < -0.3 is 13.9 Å². The molecule has 128 valence electrons. The lowest BCUT2D eigenvalue weighted by molar-refractivity contribution is 0.102. The number of nitrogens with one attached hydrogen (secondary N) is 2. The molecule has 4 rings (SSSR count). The van der Waals surface area contributed by atoms with E-state index in [0.717, 1.165) is 27.8 Å². The molecule has 0 fully saturated rings. The van der Waals surface area contributed by atoms with E-state index in [-0.39, 0.29) is 18.0 Å². The summed E-state index contributed by atoms with van der Waals surface area (Å²) in [4.78, 5) is 39.2. The molecule has 2 N–H and O–H groups in total. The van der Waals surface area contributed by atoms with E-state index >= 15 is 0 Å². The summed E-state index contributed by atoms with van der Waals surface area (Å²) >= 11 is 1.66. The van der Waals surface area contributed by atoms with Crippen molar-refractivity contribution < 1.29 is 13.7 Å². The summed E-state index contributed by atoms with van der Waals surface area (Å²) in [6, 6.07) is 3.28. The van der Waals surface area contributed by atoms with Crippen molar-refractivity contribution in [3.05, 3.63) is 68.0 Å². The highest BCUT2D eigenvalue weighted by Crippen LogP contribution is 2.34. The second-order valence-corrected chi connectivity index (χ2v) is 6.35. The Morgan fingerprint density at radius 2 is 2.28 bits per heavy atom. The summed E-state index contributed by atoms with van der Waals surface area (Å²) < 4.78 is 11.2. The lowest BCUT2D eigenvalue weighted by atomic mass is 10.2. The van der Waals surface area contributed by atoms with Gasteiger partial charge in [0.15, 0.2) is 0 Å². The second-order valence-electron chi connectivity index (χ2n) is 5.36. The topological polar surface area (TPSA) is 123 Å². The maximum atomic E-state index is 12.5. The molecule has 0 saturated carbocycles. The van der Waals surface area contributed by atoms with Crippen molar-refractivity contribution >= 4 is 23.6 Å². The highest BCUT2D eigenvalue weighted by atomic mass is 32.2. The molecule has 0 unspecified atom stereocenters. The number of rotatable bonds is 4. The molecule has 0 spiro atoms. The monoisotopic (exact) mass is 360 g/mol. The van der Waals surface area contributed by atoms with Crippen LogP contribution in [0.1, 0.15) is 27.4 Å². The summed E-state index contributed by atoms with van der Waals surface area (Å²) in [6.07, 6.45) is 2.53. The van der Waals surface area contributed by atoms with Crippen LogP contribution < -0.4 is 16.6 Å². The van der Waals surface area contributed by atoms with Gasteiger partial charge in [-0.15, -0.1) is 0 Å². The number of hydrogen-bond donors (Lipinski definition) is 2. The number of carbonyl (C=O) groups is 1. The fourth-order valence-electron chi connectivity index (χ4n) is 2.50. The van der Waals surface area contributed by atoms with Gasteiger partial charge in [0.05, 0.1) is 24.1 Å². The summed E-state index contributed by atoms with van der Waals surface area (Å²) in [6.45, 7) is -0.0728. The van der Waals surface area contributed by atoms with E-state index in [1.165, 1.54) is 6.26 Å². The van der Waals surface area contributed by atoms with Crippen LogP contribution >= 0.6 is 11.8 Å². The van der Waals surface area contributed by atoms with Crippen molar-refractivity contribution in [2.45, 2.75) is 18.1 Å². The highest BCUT2D eigenvalue weighted by Gasteiger charge is 2.24. The zero-order valence-corrected chi connectivity index (χ0v) is 13.6. The highest BCUT2D eigenvalue weighted by molar-refractivity contribution is 7.98. The minimum atomic E-state index is -0.719. The average molecular weight is 360 g/mol. The first-order valence-electron chi connectivity index (χ1n) is 7.35. The van der Waals surface area contributed by atoms with Crippen molar-refractivity contribution in [3.8, 4) is 0 Å². The van der Waals surface area contributed by atoms with E-state index in [1.807, 2.05) is 0 Å². The number of amides is 1. The van der Waals surface area contributed by atoms with Crippen LogP contribution in [0.5, 0.6) is 0 Å². The molecule has 1 amide bonds. The first-order valence-corrected chi connectivity index (χ1v) is 8.50. The second kappa shape index (κ2) is 6.13. The Hall–Kier alpha value is -3.01. The summed E-state index contributed by atoms with van der Waals surface area (Å²) in [5.74, 6) is 1.39. The van der Waals surface area contributed by atoms with Crippen LogP contribution in [-0.2, 0) is 18.1 Å². The average Bonchev–Trinajstić information content (AvgIpc) is 3.31. The molecule has 1 aliphatic heterocycles. The minimum Gasteiger partial charge on any atom is -0.467 e. The molecular formula is C15H12N4O5S. The van der Waals surface area contributed by atoms with Gasteiger partial charge in [-0.2, -0.15) is 11.8 Å². The lowest BCUT2D eigenvalue weighted by Gasteiger charge is -2.06. The van der Waals surface area contributed by atoms with Crippen LogP contribution in [0.25, 0.3) is 0 Å². The molecule has 0 radical (unpaired) electrons. The third-order valence-corrected chi connectivity index (χ3v) is 4.75. The van der Waals surface area contributed by atoms with Crippen LogP contribution in [0.2, 0.25) is 0 Å². The molecule has 9 nitrogen and oxygen atoms in total. The number of carbonyl (C=O) groups excluding carboxylic acids is 1. The first kappa shape index (κ1) is 15.5. The molecule has 3 aromatic heterocycles.